The summed E-state index contributed by atoms with van der Waals surface area (Å²) < 4.78 is 11.3. The highest BCUT2D eigenvalue weighted by Crippen LogP contribution is 2.37. The maximum Gasteiger partial charge on any atom is 0.314 e. The van der Waals surface area contributed by atoms with Gasteiger partial charge in [0.2, 0.25) is 5.88 Å². The Bertz CT molecular complexity index is 643. The van der Waals surface area contributed by atoms with Crippen LogP contribution in [0.3, 0.4) is 0 Å². The SMILES string of the molecule is CCCCCCOc1ccc(OC(=O)[C@H]2CC[C@H](CC[C@H]3CC[C@H](CC)CC3)CC2)cn1. The largest absolute Gasteiger partial charge is 0.478 e. The van der Waals surface area contributed by atoms with E-state index in [1.807, 2.05) is 0 Å². The van der Waals surface area contributed by atoms with E-state index >= 15 is 0 Å². The molecule has 0 N–H and O–H groups in total. The molecule has 3 rings (SSSR count). The van der Waals surface area contributed by atoms with Gasteiger partial charge >= 0.3 is 5.97 Å². The van der Waals surface area contributed by atoms with Crippen molar-refractivity contribution in [1.82, 2.24) is 4.98 Å². The van der Waals surface area contributed by atoms with Gasteiger partial charge in [0.1, 0.15) is 5.75 Å². The normalized spacial score (nSPS) is 25.9. The quantitative estimate of drug-likeness (QED) is 0.245. The number of carbonyl (C=O) groups is 1. The summed E-state index contributed by atoms with van der Waals surface area (Å²) in [7, 11) is 0. The third-order valence-corrected chi connectivity index (χ3v) is 7.88. The topological polar surface area (TPSA) is 48.4 Å². The molecule has 0 spiro atoms. The number of ether oxygens (including phenoxy) is 2. The van der Waals surface area contributed by atoms with Crippen LogP contribution in [0, 0.1) is 23.7 Å². The van der Waals surface area contributed by atoms with E-state index in [0.29, 0.717) is 18.2 Å². The molecule has 180 valence electrons. The van der Waals surface area contributed by atoms with Gasteiger partial charge in [0.15, 0.2) is 0 Å². The van der Waals surface area contributed by atoms with E-state index in [-0.39, 0.29) is 11.9 Å². The lowest BCUT2D eigenvalue weighted by Gasteiger charge is -2.31. The van der Waals surface area contributed by atoms with E-state index in [0.717, 1.165) is 37.0 Å². The van der Waals surface area contributed by atoms with Gasteiger partial charge in [-0.1, -0.05) is 78.1 Å². The van der Waals surface area contributed by atoms with Crippen LogP contribution in [0.15, 0.2) is 18.3 Å². The molecule has 0 atom stereocenters. The molecule has 4 nitrogen and oxygen atoms in total. The maximum atomic E-state index is 12.6. The molecular weight excluding hydrogens is 398 g/mol. The van der Waals surface area contributed by atoms with Crippen molar-refractivity contribution in [3.8, 4) is 11.6 Å². The minimum absolute atomic E-state index is 0.0423. The molecule has 1 aromatic heterocycles. The summed E-state index contributed by atoms with van der Waals surface area (Å²) in [6.45, 7) is 5.23. The second-order valence-electron chi connectivity index (χ2n) is 10.3. The smallest absolute Gasteiger partial charge is 0.314 e. The predicted molar refractivity (Wildman–Crippen MR) is 130 cm³/mol. The first kappa shape index (κ1) is 25.1. The zero-order valence-corrected chi connectivity index (χ0v) is 20.5. The fourth-order valence-electron chi connectivity index (χ4n) is 5.50. The maximum absolute atomic E-state index is 12.6. The number of pyridine rings is 1. The number of carbonyl (C=O) groups excluding carboxylic acids is 1. The van der Waals surface area contributed by atoms with E-state index in [1.54, 1.807) is 18.3 Å². The lowest BCUT2D eigenvalue weighted by molar-refractivity contribution is -0.140. The fourth-order valence-corrected chi connectivity index (χ4v) is 5.50. The number of nitrogens with zero attached hydrogens (tertiary/aromatic N) is 1. The highest BCUT2D eigenvalue weighted by molar-refractivity contribution is 5.75. The number of unbranched alkanes of at least 4 members (excludes halogenated alkanes) is 3. The Hall–Kier alpha value is -1.58. The van der Waals surface area contributed by atoms with Crippen molar-refractivity contribution in [2.45, 2.75) is 110 Å². The molecule has 32 heavy (non-hydrogen) atoms. The van der Waals surface area contributed by atoms with Crippen LogP contribution in [0.1, 0.15) is 110 Å². The second kappa shape index (κ2) is 13.9. The number of hydrogen-bond acceptors (Lipinski definition) is 4. The monoisotopic (exact) mass is 443 g/mol. The Morgan fingerprint density at radius 2 is 1.53 bits per heavy atom. The molecule has 2 aliphatic rings. The molecule has 0 amide bonds. The first-order valence-corrected chi connectivity index (χ1v) is 13.5. The molecule has 4 heteroatoms. The zero-order valence-electron chi connectivity index (χ0n) is 20.5. The highest BCUT2D eigenvalue weighted by atomic mass is 16.5. The Labute approximate surface area is 195 Å². The van der Waals surface area contributed by atoms with Crippen LogP contribution in [0.4, 0.5) is 0 Å². The molecule has 0 aromatic carbocycles. The van der Waals surface area contributed by atoms with E-state index in [9.17, 15) is 4.79 Å². The number of aromatic nitrogens is 1. The molecule has 0 aliphatic heterocycles. The third kappa shape index (κ3) is 8.41. The molecule has 2 fully saturated rings. The van der Waals surface area contributed by atoms with Crippen LogP contribution in [-0.2, 0) is 4.79 Å². The summed E-state index contributed by atoms with van der Waals surface area (Å²) in [4.78, 5) is 16.9. The molecule has 2 aliphatic carbocycles. The van der Waals surface area contributed by atoms with E-state index in [1.165, 1.54) is 77.0 Å². The van der Waals surface area contributed by atoms with Crippen molar-refractivity contribution in [1.29, 1.82) is 0 Å². The van der Waals surface area contributed by atoms with Gasteiger partial charge in [-0.2, -0.15) is 0 Å². The minimum Gasteiger partial charge on any atom is -0.478 e. The summed E-state index contributed by atoms with van der Waals surface area (Å²) in [5.74, 6) is 3.83. The van der Waals surface area contributed by atoms with E-state index < -0.39 is 0 Å². The van der Waals surface area contributed by atoms with Gasteiger partial charge in [-0.15, -0.1) is 0 Å². The Kier molecular flexibility index (Phi) is 10.8. The summed E-state index contributed by atoms with van der Waals surface area (Å²) in [5.41, 5.74) is 0. The van der Waals surface area contributed by atoms with Crippen molar-refractivity contribution in [2.24, 2.45) is 23.7 Å². The van der Waals surface area contributed by atoms with Crippen molar-refractivity contribution >= 4 is 5.97 Å². The molecule has 2 saturated carbocycles. The standard InChI is InChI=1S/C28H45NO3/c1-3-5-6-7-20-31-27-19-18-26(21-29-27)32-28(30)25-16-14-24(15-17-25)13-12-23-10-8-22(4-2)9-11-23/h18-19,21-25H,3-17,20H2,1-2H3/t22-,23-,24-,25-. The second-order valence-corrected chi connectivity index (χ2v) is 10.3. The zero-order chi connectivity index (χ0) is 22.6. The molecule has 0 saturated heterocycles. The Morgan fingerprint density at radius 3 is 2.12 bits per heavy atom. The molecular formula is C28H45NO3. The van der Waals surface area contributed by atoms with Gasteiger partial charge in [-0.3, -0.25) is 4.79 Å². The minimum atomic E-state index is -0.0867. The Balaban J connectivity index is 1.30. The van der Waals surface area contributed by atoms with Gasteiger partial charge in [0.05, 0.1) is 18.7 Å². The summed E-state index contributed by atoms with van der Waals surface area (Å²) in [6, 6.07) is 3.60. The average molecular weight is 444 g/mol. The Morgan fingerprint density at radius 1 is 0.875 bits per heavy atom. The van der Waals surface area contributed by atoms with E-state index in [2.05, 4.69) is 18.8 Å². The van der Waals surface area contributed by atoms with Gasteiger partial charge < -0.3 is 9.47 Å². The molecule has 0 radical (unpaired) electrons. The van der Waals surface area contributed by atoms with Crippen molar-refractivity contribution in [2.75, 3.05) is 6.61 Å². The molecule has 1 heterocycles. The van der Waals surface area contributed by atoms with Crippen LogP contribution in [0.5, 0.6) is 11.6 Å². The van der Waals surface area contributed by atoms with Gasteiger partial charge in [0.25, 0.3) is 0 Å². The number of esters is 1. The molecule has 0 unspecified atom stereocenters. The van der Waals surface area contributed by atoms with Crippen LogP contribution in [0.25, 0.3) is 0 Å². The van der Waals surface area contributed by atoms with Crippen LogP contribution in [0.2, 0.25) is 0 Å². The highest BCUT2D eigenvalue weighted by Gasteiger charge is 2.28. The van der Waals surface area contributed by atoms with Crippen molar-refractivity contribution < 1.29 is 14.3 Å². The summed E-state index contributed by atoms with van der Waals surface area (Å²) in [6.07, 6.45) is 20.5. The predicted octanol–water partition coefficient (Wildman–Crippen LogP) is 7.75. The first-order valence-electron chi connectivity index (χ1n) is 13.5. The molecule has 1 aromatic rings. The van der Waals surface area contributed by atoms with Crippen molar-refractivity contribution in [3.63, 3.8) is 0 Å². The third-order valence-electron chi connectivity index (χ3n) is 7.88. The summed E-state index contributed by atoms with van der Waals surface area (Å²) >= 11 is 0. The fraction of sp³-hybridized carbons (Fsp3) is 0.786. The summed E-state index contributed by atoms with van der Waals surface area (Å²) in [5, 5.41) is 0. The first-order chi connectivity index (χ1) is 15.7. The van der Waals surface area contributed by atoms with Gasteiger partial charge in [-0.05, 0) is 55.9 Å². The van der Waals surface area contributed by atoms with Gasteiger partial charge in [0, 0.05) is 6.07 Å². The number of hydrogen-bond donors (Lipinski definition) is 0. The van der Waals surface area contributed by atoms with Crippen LogP contribution >= 0.6 is 0 Å². The number of rotatable bonds is 12. The van der Waals surface area contributed by atoms with Crippen LogP contribution < -0.4 is 9.47 Å². The van der Waals surface area contributed by atoms with Gasteiger partial charge in [-0.25, -0.2) is 4.98 Å². The lowest BCUT2D eigenvalue weighted by atomic mass is 9.75. The average Bonchev–Trinajstić information content (AvgIpc) is 2.84. The molecule has 0 bridgehead atoms. The van der Waals surface area contributed by atoms with Crippen molar-refractivity contribution in [3.05, 3.63) is 18.3 Å². The lowest BCUT2D eigenvalue weighted by Crippen LogP contribution is -2.26. The van der Waals surface area contributed by atoms with Crippen LogP contribution in [-0.4, -0.2) is 17.6 Å². The van der Waals surface area contributed by atoms with E-state index in [4.69, 9.17) is 9.47 Å².